The van der Waals surface area contributed by atoms with Gasteiger partial charge in [-0.25, -0.2) is 4.98 Å². The fourth-order valence-electron chi connectivity index (χ4n) is 1.79. The van der Waals surface area contributed by atoms with Crippen LogP contribution in [0.25, 0.3) is 10.9 Å². The van der Waals surface area contributed by atoms with E-state index in [1.54, 1.807) is 14.2 Å². The minimum atomic E-state index is 0.307. The van der Waals surface area contributed by atoms with Crippen LogP contribution in [0.1, 0.15) is 13.8 Å². The Labute approximate surface area is 107 Å². The molecule has 2 rings (SSSR count). The number of methoxy groups -OCH3 is 2. The molecular weight excluding hydrogens is 228 g/mol. The lowest BCUT2D eigenvalue weighted by Gasteiger charge is -2.14. The van der Waals surface area contributed by atoms with Gasteiger partial charge in [-0.1, -0.05) is 0 Å². The number of fused-ring (bicyclic) bond motifs is 1. The fourth-order valence-corrected chi connectivity index (χ4v) is 1.79. The summed E-state index contributed by atoms with van der Waals surface area (Å²) in [5, 5.41) is 4.28. The van der Waals surface area contributed by atoms with E-state index in [1.807, 2.05) is 24.3 Å². The number of anilines is 1. The maximum atomic E-state index is 5.36. The van der Waals surface area contributed by atoms with Gasteiger partial charge in [0.15, 0.2) is 11.6 Å². The zero-order valence-electron chi connectivity index (χ0n) is 11.2. The van der Waals surface area contributed by atoms with Crippen molar-refractivity contribution in [1.29, 1.82) is 0 Å². The number of rotatable bonds is 4. The summed E-state index contributed by atoms with van der Waals surface area (Å²) in [6, 6.07) is 8.07. The van der Waals surface area contributed by atoms with Crippen LogP contribution in [0.2, 0.25) is 0 Å². The molecule has 0 saturated carbocycles. The van der Waals surface area contributed by atoms with E-state index < -0.39 is 0 Å². The minimum absolute atomic E-state index is 0.307. The third-order valence-electron chi connectivity index (χ3n) is 2.63. The number of hydrogen-bond acceptors (Lipinski definition) is 4. The standard InChI is InChI=1S/C14H18N2O2/c1-9(2)15-14-13(18-4)8-10-7-11(17-3)5-6-12(10)16-14/h5-9H,1-4H3,(H,15,16). The van der Waals surface area contributed by atoms with Gasteiger partial charge < -0.3 is 14.8 Å². The van der Waals surface area contributed by atoms with E-state index in [1.165, 1.54) is 0 Å². The Morgan fingerprint density at radius 3 is 2.50 bits per heavy atom. The number of ether oxygens (including phenoxy) is 2. The molecule has 1 aromatic heterocycles. The summed E-state index contributed by atoms with van der Waals surface area (Å²) in [5.41, 5.74) is 0.916. The van der Waals surface area contributed by atoms with Crippen molar-refractivity contribution in [1.82, 2.24) is 4.98 Å². The van der Waals surface area contributed by atoms with Gasteiger partial charge in [0, 0.05) is 11.4 Å². The summed E-state index contributed by atoms with van der Waals surface area (Å²) in [4.78, 5) is 4.57. The van der Waals surface area contributed by atoms with Crippen molar-refractivity contribution in [3.05, 3.63) is 24.3 Å². The summed E-state index contributed by atoms with van der Waals surface area (Å²) >= 11 is 0. The summed E-state index contributed by atoms with van der Waals surface area (Å²) in [5.74, 6) is 2.32. The topological polar surface area (TPSA) is 43.4 Å². The molecule has 0 atom stereocenters. The number of nitrogens with one attached hydrogen (secondary N) is 1. The largest absolute Gasteiger partial charge is 0.497 e. The molecule has 0 unspecified atom stereocenters. The predicted octanol–water partition coefficient (Wildman–Crippen LogP) is 3.07. The van der Waals surface area contributed by atoms with Gasteiger partial charge in [-0.15, -0.1) is 0 Å². The van der Waals surface area contributed by atoms with Crippen LogP contribution >= 0.6 is 0 Å². The number of pyridine rings is 1. The highest BCUT2D eigenvalue weighted by atomic mass is 16.5. The van der Waals surface area contributed by atoms with Crippen molar-refractivity contribution >= 4 is 16.7 Å². The van der Waals surface area contributed by atoms with Crippen LogP contribution < -0.4 is 14.8 Å². The van der Waals surface area contributed by atoms with Crippen molar-refractivity contribution in [2.45, 2.75) is 19.9 Å². The molecule has 0 spiro atoms. The number of benzene rings is 1. The Morgan fingerprint density at radius 1 is 1.11 bits per heavy atom. The van der Waals surface area contributed by atoms with E-state index in [0.717, 1.165) is 28.2 Å². The molecule has 96 valence electrons. The molecule has 1 heterocycles. The van der Waals surface area contributed by atoms with E-state index in [4.69, 9.17) is 9.47 Å². The zero-order chi connectivity index (χ0) is 13.1. The summed E-state index contributed by atoms with van der Waals surface area (Å²) in [6.07, 6.45) is 0. The minimum Gasteiger partial charge on any atom is -0.497 e. The molecule has 4 heteroatoms. The van der Waals surface area contributed by atoms with Crippen LogP contribution in [0.3, 0.4) is 0 Å². The second-order valence-electron chi connectivity index (χ2n) is 4.40. The highest BCUT2D eigenvalue weighted by Crippen LogP contribution is 2.29. The Bertz CT molecular complexity index is 553. The highest BCUT2D eigenvalue weighted by molar-refractivity contribution is 5.84. The van der Waals surface area contributed by atoms with Gasteiger partial charge in [0.05, 0.1) is 19.7 Å². The van der Waals surface area contributed by atoms with Crippen LogP contribution in [0.15, 0.2) is 24.3 Å². The number of nitrogens with zero attached hydrogens (tertiary/aromatic N) is 1. The van der Waals surface area contributed by atoms with Crippen molar-refractivity contribution in [3.63, 3.8) is 0 Å². The molecule has 0 aliphatic heterocycles. The third kappa shape index (κ3) is 2.47. The first kappa shape index (κ1) is 12.5. The number of aromatic nitrogens is 1. The van der Waals surface area contributed by atoms with Crippen LogP contribution in [-0.2, 0) is 0 Å². The SMILES string of the molecule is COc1ccc2nc(NC(C)C)c(OC)cc2c1. The molecule has 18 heavy (non-hydrogen) atoms. The van der Waals surface area contributed by atoms with E-state index in [9.17, 15) is 0 Å². The molecule has 0 saturated heterocycles. The molecule has 4 nitrogen and oxygen atoms in total. The normalized spacial score (nSPS) is 10.7. The van der Waals surface area contributed by atoms with E-state index in [2.05, 4.69) is 24.1 Å². The predicted molar refractivity (Wildman–Crippen MR) is 73.6 cm³/mol. The molecule has 0 aliphatic rings. The van der Waals surface area contributed by atoms with Crippen molar-refractivity contribution in [3.8, 4) is 11.5 Å². The van der Waals surface area contributed by atoms with Crippen LogP contribution in [0.5, 0.6) is 11.5 Å². The van der Waals surface area contributed by atoms with Crippen molar-refractivity contribution in [2.24, 2.45) is 0 Å². The smallest absolute Gasteiger partial charge is 0.169 e. The quantitative estimate of drug-likeness (QED) is 0.900. The Kier molecular flexibility index (Phi) is 3.55. The molecule has 1 N–H and O–H groups in total. The van der Waals surface area contributed by atoms with Crippen LogP contribution in [0.4, 0.5) is 5.82 Å². The van der Waals surface area contributed by atoms with Crippen molar-refractivity contribution < 1.29 is 9.47 Å². The lowest BCUT2D eigenvalue weighted by Crippen LogP contribution is -2.12. The van der Waals surface area contributed by atoms with Gasteiger partial charge in [-0.3, -0.25) is 0 Å². The van der Waals surface area contributed by atoms with E-state index in [0.29, 0.717) is 6.04 Å². The highest BCUT2D eigenvalue weighted by Gasteiger charge is 2.09. The Balaban J connectivity index is 2.53. The first-order chi connectivity index (χ1) is 8.63. The molecule has 0 fully saturated rings. The summed E-state index contributed by atoms with van der Waals surface area (Å²) in [6.45, 7) is 4.14. The lowest BCUT2D eigenvalue weighted by atomic mass is 10.2. The van der Waals surface area contributed by atoms with Gasteiger partial charge >= 0.3 is 0 Å². The molecule has 0 amide bonds. The maximum Gasteiger partial charge on any atom is 0.169 e. The maximum absolute atomic E-state index is 5.36. The molecule has 2 aromatic rings. The average molecular weight is 246 g/mol. The first-order valence-electron chi connectivity index (χ1n) is 5.93. The molecular formula is C14H18N2O2. The van der Waals surface area contributed by atoms with E-state index in [-0.39, 0.29) is 0 Å². The average Bonchev–Trinajstić information content (AvgIpc) is 2.36. The molecule has 1 aromatic carbocycles. The second kappa shape index (κ2) is 5.12. The molecule has 0 aliphatic carbocycles. The molecule has 0 bridgehead atoms. The second-order valence-corrected chi connectivity index (χ2v) is 4.40. The van der Waals surface area contributed by atoms with Crippen LogP contribution in [-0.4, -0.2) is 25.2 Å². The number of hydrogen-bond donors (Lipinski definition) is 1. The Morgan fingerprint density at radius 2 is 1.89 bits per heavy atom. The summed E-state index contributed by atoms with van der Waals surface area (Å²) in [7, 11) is 3.30. The zero-order valence-corrected chi connectivity index (χ0v) is 11.2. The lowest BCUT2D eigenvalue weighted by molar-refractivity contribution is 0.413. The van der Waals surface area contributed by atoms with Gasteiger partial charge in [-0.2, -0.15) is 0 Å². The molecule has 0 radical (unpaired) electrons. The third-order valence-corrected chi connectivity index (χ3v) is 2.63. The fraction of sp³-hybridized carbons (Fsp3) is 0.357. The van der Waals surface area contributed by atoms with Gasteiger partial charge in [-0.05, 0) is 38.1 Å². The first-order valence-corrected chi connectivity index (χ1v) is 5.93. The Hall–Kier alpha value is -1.97. The van der Waals surface area contributed by atoms with Gasteiger partial charge in [0.2, 0.25) is 0 Å². The van der Waals surface area contributed by atoms with Gasteiger partial charge in [0.1, 0.15) is 5.75 Å². The van der Waals surface area contributed by atoms with Gasteiger partial charge in [0.25, 0.3) is 0 Å². The monoisotopic (exact) mass is 246 g/mol. The van der Waals surface area contributed by atoms with Crippen LogP contribution in [0, 0.1) is 0 Å². The van der Waals surface area contributed by atoms with E-state index >= 15 is 0 Å². The van der Waals surface area contributed by atoms with Crippen molar-refractivity contribution in [2.75, 3.05) is 19.5 Å². The summed E-state index contributed by atoms with van der Waals surface area (Å²) < 4.78 is 10.6.